The first-order valence-electron chi connectivity index (χ1n) is 7.84. The van der Waals surface area contributed by atoms with Crippen LogP contribution in [-0.4, -0.2) is 26.8 Å². The number of carboxylic acid groups (broad SMARTS) is 1. The maximum atomic E-state index is 12.1. The van der Waals surface area contributed by atoms with E-state index in [1.54, 1.807) is 13.8 Å². The highest BCUT2D eigenvalue weighted by Gasteiger charge is 2.30. The second-order valence-electron chi connectivity index (χ2n) is 6.58. The van der Waals surface area contributed by atoms with Crippen LogP contribution >= 0.6 is 0 Å². The van der Waals surface area contributed by atoms with E-state index in [1.165, 1.54) is 28.2 Å². The van der Waals surface area contributed by atoms with Crippen LogP contribution in [0.15, 0.2) is 30.6 Å². The van der Waals surface area contributed by atoms with E-state index in [-0.39, 0.29) is 5.91 Å². The molecule has 6 nitrogen and oxygen atoms in total. The molecule has 128 valence electrons. The molecule has 2 aromatic rings. The van der Waals surface area contributed by atoms with Crippen molar-refractivity contribution in [3.8, 4) is 0 Å². The Hall–Kier alpha value is -2.63. The molecule has 0 radical (unpaired) electrons. The van der Waals surface area contributed by atoms with Crippen LogP contribution in [0.1, 0.15) is 37.0 Å². The number of amides is 1. The molecule has 1 aromatic heterocycles. The molecule has 0 saturated heterocycles. The first-order valence-corrected chi connectivity index (χ1v) is 7.84. The van der Waals surface area contributed by atoms with E-state index < -0.39 is 11.5 Å². The van der Waals surface area contributed by atoms with E-state index in [0.29, 0.717) is 18.5 Å². The summed E-state index contributed by atoms with van der Waals surface area (Å²) in [5.74, 6) is -1.11. The first-order chi connectivity index (χ1) is 11.2. The number of carbonyl (C=O) groups is 2. The molecular formula is C18H23N3O3. The lowest BCUT2D eigenvalue weighted by Crippen LogP contribution is -2.35. The van der Waals surface area contributed by atoms with Gasteiger partial charge in [0, 0.05) is 12.6 Å². The van der Waals surface area contributed by atoms with E-state index in [9.17, 15) is 14.7 Å². The molecule has 0 atom stereocenters. The maximum absolute atomic E-state index is 12.1. The lowest BCUT2D eigenvalue weighted by Gasteiger charge is -2.19. The number of carboxylic acids is 1. The second-order valence-corrected chi connectivity index (χ2v) is 6.58. The van der Waals surface area contributed by atoms with Crippen LogP contribution in [0.5, 0.6) is 0 Å². The minimum Gasteiger partial charge on any atom is -0.479 e. The van der Waals surface area contributed by atoms with E-state index >= 15 is 0 Å². The topological polar surface area (TPSA) is 84.2 Å². The summed E-state index contributed by atoms with van der Waals surface area (Å²) >= 11 is 0. The van der Waals surface area contributed by atoms with Crippen molar-refractivity contribution < 1.29 is 14.7 Å². The molecule has 1 amide bonds. The summed E-state index contributed by atoms with van der Waals surface area (Å²) in [6, 6.07) is 6.25. The molecule has 0 aliphatic heterocycles. The molecule has 1 aromatic carbocycles. The van der Waals surface area contributed by atoms with Crippen molar-refractivity contribution in [1.82, 2.24) is 9.78 Å². The molecule has 0 unspecified atom stereocenters. The number of rotatable bonds is 6. The standard InChI is InChI=1S/C18H23N3O3/c1-12-7-13(2)9-14(8-12)5-6-16(22)20-15-10-19-21(11-15)18(3,4)17(23)24/h7-11H,5-6H2,1-4H3,(H,20,22)(H,23,24). The number of aryl methyl sites for hydroxylation is 3. The van der Waals surface area contributed by atoms with Crippen molar-refractivity contribution in [3.63, 3.8) is 0 Å². The molecule has 0 spiro atoms. The average Bonchev–Trinajstić information content (AvgIpc) is 2.93. The quantitative estimate of drug-likeness (QED) is 0.853. The molecule has 0 bridgehead atoms. The summed E-state index contributed by atoms with van der Waals surface area (Å²) in [4.78, 5) is 23.3. The van der Waals surface area contributed by atoms with Gasteiger partial charge in [0.15, 0.2) is 5.54 Å². The summed E-state index contributed by atoms with van der Waals surface area (Å²) in [6.07, 6.45) is 4.00. The molecule has 2 rings (SSSR count). The molecule has 0 aliphatic rings. The number of aliphatic carboxylic acids is 1. The number of nitrogens with one attached hydrogen (secondary N) is 1. The third-order valence-electron chi connectivity index (χ3n) is 3.88. The fourth-order valence-corrected chi connectivity index (χ4v) is 2.49. The number of nitrogens with zero attached hydrogens (tertiary/aromatic N) is 2. The van der Waals surface area contributed by atoms with Crippen molar-refractivity contribution in [1.29, 1.82) is 0 Å². The zero-order chi connectivity index (χ0) is 17.9. The van der Waals surface area contributed by atoms with Crippen molar-refractivity contribution >= 4 is 17.6 Å². The highest BCUT2D eigenvalue weighted by Crippen LogP contribution is 2.18. The summed E-state index contributed by atoms with van der Waals surface area (Å²) in [7, 11) is 0. The summed E-state index contributed by atoms with van der Waals surface area (Å²) < 4.78 is 1.33. The van der Waals surface area contributed by atoms with Crippen molar-refractivity contribution in [2.45, 2.75) is 46.1 Å². The monoisotopic (exact) mass is 329 g/mol. The molecule has 6 heteroatoms. The van der Waals surface area contributed by atoms with Gasteiger partial charge in [-0.05, 0) is 39.7 Å². The SMILES string of the molecule is Cc1cc(C)cc(CCC(=O)Nc2cnn(C(C)(C)C(=O)O)c2)c1. The van der Waals surface area contributed by atoms with Gasteiger partial charge in [-0.2, -0.15) is 5.10 Å². The van der Waals surface area contributed by atoms with Crippen LogP contribution in [0.25, 0.3) is 0 Å². The predicted octanol–water partition coefficient (Wildman–Crippen LogP) is 2.89. The fourth-order valence-electron chi connectivity index (χ4n) is 2.49. The van der Waals surface area contributed by atoms with Crippen LogP contribution in [0.3, 0.4) is 0 Å². The van der Waals surface area contributed by atoms with Gasteiger partial charge in [-0.1, -0.05) is 29.3 Å². The maximum Gasteiger partial charge on any atom is 0.331 e. The zero-order valence-corrected chi connectivity index (χ0v) is 14.5. The molecule has 0 aliphatic carbocycles. The van der Waals surface area contributed by atoms with Gasteiger partial charge in [0.1, 0.15) is 0 Å². The van der Waals surface area contributed by atoms with Crippen LogP contribution in [0.4, 0.5) is 5.69 Å². The Morgan fingerprint density at radius 2 is 1.83 bits per heavy atom. The molecule has 0 saturated carbocycles. The minimum absolute atomic E-state index is 0.123. The Kier molecular flexibility index (Phi) is 5.07. The first kappa shape index (κ1) is 17.7. The summed E-state index contributed by atoms with van der Waals surface area (Å²) in [5, 5.41) is 16.0. The third kappa shape index (κ3) is 4.22. The summed E-state index contributed by atoms with van der Waals surface area (Å²) in [6.45, 7) is 7.17. The van der Waals surface area contributed by atoms with Gasteiger partial charge < -0.3 is 10.4 Å². The molecule has 1 heterocycles. The molecule has 2 N–H and O–H groups in total. The van der Waals surface area contributed by atoms with Gasteiger partial charge in [0.05, 0.1) is 11.9 Å². The lowest BCUT2D eigenvalue weighted by atomic mass is 10.0. The lowest BCUT2D eigenvalue weighted by molar-refractivity contribution is -0.146. The average molecular weight is 329 g/mol. The highest BCUT2D eigenvalue weighted by atomic mass is 16.4. The van der Waals surface area contributed by atoms with Crippen molar-refractivity contribution in [3.05, 3.63) is 47.3 Å². The number of aromatic nitrogens is 2. The fraction of sp³-hybridized carbons (Fsp3) is 0.389. The van der Waals surface area contributed by atoms with Crippen molar-refractivity contribution in [2.75, 3.05) is 5.32 Å². The number of hydrogen-bond acceptors (Lipinski definition) is 3. The number of carbonyl (C=O) groups excluding carboxylic acids is 1. The van der Waals surface area contributed by atoms with E-state index in [0.717, 1.165) is 5.56 Å². The Bertz CT molecular complexity index is 742. The molecule has 24 heavy (non-hydrogen) atoms. The number of anilines is 1. The van der Waals surface area contributed by atoms with Crippen LogP contribution in [0, 0.1) is 13.8 Å². The van der Waals surface area contributed by atoms with Gasteiger partial charge in [0.25, 0.3) is 0 Å². The number of benzene rings is 1. The van der Waals surface area contributed by atoms with Crippen molar-refractivity contribution in [2.24, 2.45) is 0 Å². The normalized spacial score (nSPS) is 11.3. The van der Waals surface area contributed by atoms with Gasteiger partial charge in [-0.3, -0.25) is 9.48 Å². The predicted molar refractivity (Wildman–Crippen MR) is 92.1 cm³/mol. The zero-order valence-electron chi connectivity index (χ0n) is 14.5. The van der Waals surface area contributed by atoms with Crippen LogP contribution in [0.2, 0.25) is 0 Å². The van der Waals surface area contributed by atoms with Crippen LogP contribution in [-0.2, 0) is 21.5 Å². The van der Waals surface area contributed by atoms with Crippen LogP contribution < -0.4 is 5.32 Å². The number of hydrogen-bond donors (Lipinski definition) is 2. The van der Waals surface area contributed by atoms with Gasteiger partial charge in [-0.15, -0.1) is 0 Å². The van der Waals surface area contributed by atoms with E-state index in [1.807, 2.05) is 13.8 Å². The minimum atomic E-state index is -1.16. The van der Waals surface area contributed by atoms with Gasteiger partial charge in [0.2, 0.25) is 5.91 Å². The smallest absolute Gasteiger partial charge is 0.331 e. The molecular weight excluding hydrogens is 306 g/mol. The third-order valence-corrected chi connectivity index (χ3v) is 3.88. The second kappa shape index (κ2) is 6.86. The highest BCUT2D eigenvalue weighted by molar-refractivity contribution is 5.90. The Morgan fingerprint density at radius 1 is 1.21 bits per heavy atom. The Balaban J connectivity index is 1.96. The summed E-state index contributed by atoms with van der Waals surface area (Å²) in [5.41, 5.74) is 2.83. The van der Waals surface area contributed by atoms with E-state index in [2.05, 4.69) is 28.6 Å². The Morgan fingerprint density at radius 3 is 2.42 bits per heavy atom. The Labute approximate surface area is 141 Å². The van der Waals surface area contributed by atoms with Gasteiger partial charge in [-0.25, -0.2) is 4.79 Å². The largest absolute Gasteiger partial charge is 0.479 e. The van der Waals surface area contributed by atoms with Gasteiger partial charge >= 0.3 is 5.97 Å². The molecule has 0 fully saturated rings. The van der Waals surface area contributed by atoms with E-state index in [4.69, 9.17) is 0 Å².